The Morgan fingerprint density at radius 3 is 2.81 bits per heavy atom. The fourth-order valence-corrected chi connectivity index (χ4v) is 4.35. The fourth-order valence-electron chi connectivity index (χ4n) is 3.64. The van der Waals surface area contributed by atoms with Gasteiger partial charge in [-0.3, -0.25) is 4.79 Å². The molecule has 1 aliphatic heterocycles. The van der Waals surface area contributed by atoms with E-state index in [4.69, 9.17) is 14.5 Å². The number of carbonyl (C=O) groups excluding carboxylic acids is 1. The Balaban J connectivity index is 1.35. The van der Waals surface area contributed by atoms with Crippen LogP contribution in [0.15, 0.2) is 47.6 Å². The molecule has 158 valence electrons. The number of benzene rings is 2. The molecule has 31 heavy (non-hydrogen) atoms. The summed E-state index contributed by atoms with van der Waals surface area (Å²) in [6.07, 6.45) is 0. The first-order chi connectivity index (χ1) is 15.1. The summed E-state index contributed by atoms with van der Waals surface area (Å²) in [5, 5.41) is 12.7. The molecule has 0 fully saturated rings. The highest BCUT2D eigenvalue weighted by atomic mass is 32.2. The van der Waals surface area contributed by atoms with E-state index in [1.165, 1.54) is 11.8 Å². The summed E-state index contributed by atoms with van der Waals surface area (Å²) in [6, 6.07) is 13.4. The molecule has 0 saturated carbocycles. The van der Waals surface area contributed by atoms with Crippen molar-refractivity contribution >= 4 is 45.4 Å². The number of thioether (sulfide) groups is 1. The van der Waals surface area contributed by atoms with E-state index in [2.05, 4.69) is 33.1 Å². The number of para-hydroxylation sites is 1. The first-order valence-corrected chi connectivity index (χ1v) is 11.0. The molecule has 0 unspecified atom stereocenters. The van der Waals surface area contributed by atoms with E-state index in [9.17, 15) is 4.79 Å². The number of ether oxygens (including phenoxy) is 2. The van der Waals surface area contributed by atoms with Crippen molar-refractivity contribution in [2.24, 2.45) is 0 Å². The second kappa shape index (κ2) is 8.07. The van der Waals surface area contributed by atoms with Gasteiger partial charge in [0.05, 0.1) is 10.8 Å². The maximum Gasteiger partial charge on any atom is 0.237 e. The number of nitrogens with one attached hydrogen (secondary N) is 1. The van der Waals surface area contributed by atoms with Crippen molar-refractivity contribution in [1.29, 1.82) is 0 Å². The van der Waals surface area contributed by atoms with Crippen LogP contribution in [0.2, 0.25) is 0 Å². The third-order valence-electron chi connectivity index (χ3n) is 5.13. The maximum absolute atomic E-state index is 12.7. The number of carbonyl (C=O) groups is 1. The minimum atomic E-state index is -0.410. The molecular weight excluding hydrogens is 414 g/mol. The van der Waals surface area contributed by atoms with E-state index in [0.717, 1.165) is 28.6 Å². The van der Waals surface area contributed by atoms with Crippen LogP contribution in [0.1, 0.15) is 13.8 Å². The van der Waals surface area contributed by atoms with Crippen LogP contribution in [0, 0.1) is 0 Å². The average molecular weight is 436 g/mol. The summed E-state index contributed by atoms with van der Waals surface area (Å²) >= 11 is 1.28. The van der Waals surface area contributed by atoms with Gasteiger partial charge in [-0.05, 0) is 32.0 Å². The number of nitrogens with zero attached hydrogens (tertiary/aromatic N) is 4. The van der Waals surface area contributed by atoms with Gasteiger partial charge in [-0.15, -0.1) is 10.2 Å². The van der Waals surface area contributed by atoms with Crippen LogP contribution in [-0.2, 0) is 11.3 Å². The van der Waals surface area contributed by atoms with Gasteiger partial charge in [-0.25, -0.2) is 4.98 Å². The predicted molar refractivity (Wildman–Crippen MR) is 120 cm³/mol. The second-order valence-electron chi connectivity index (χ2n) is 7.14. The molecule has 3 heterocycles. The van der Waals surface area contributed by atoms with Crippen molar-refractivity contribution in [1.82, 2.24) is 19.7 Å². The van der Waals surface area contributed by atoms with Crippen LogP contribution in [0.25, 0.3) is 22.1 Å². The van der Waals surface area contributed by atoms with Crippen LogP contribution >= 0.6 is 11.8 Å². The van der Waals surface area contributed by atoms with Crippen molar-refractivity contribution < 1.29 is 14.3 Å². The summed E-state index contributed by atoms with van der Waals surface area (Å²) < 4.78 is 13.2. The first-order valence-electron chi connectivity index (χ1n) is 10.1. The Labute approximate surface area is 183 Å². The summed E-state index contributed by atoms with van der Waals surface area (Å²) in [4.78, 5) is 17.4. The van der Waals surface area contributed by atoms with Gasteiger partial charge in [0.2, 0.25) is 11.1 Å². The van der Waals surface area contributed by atoms with Gasteiger partial charge in [0, 0.05) is 23.7 Å². The Kier molecular flexibility index (Phi) is 5.11. The smallest absolute Gasteiger partial charge is 0.237 e. The zero-order valence-corrected chi connectivity index (χ0v) is 18.0. The minimum Gasteiger partial charge on any atom is -0.486 e. The number of amides is 1. The molecule has 0 saturated heterocycles. The van der Waals surface area contributed by atoms with Gasteiger partial charge in [-0.1, -0.05) is 30.0 Å². The number of hydrogen-bond acceptors (Lipinski definition) is 7. The lowest BCUT2D eigenvalue weighted by Crippen LogP contribution is -2.23. The Hall–Kier alpha value is -3.33. The Bertz CT molecular complexity index is 1290. The highest BCUT2D eigenvalue weighted by molar-refractivity contribution is 8.00. The molecule has 0 bridgehead atoms. The number of rotatable bonds is 5. The van der Waals surface area contributed by atoms with E-state index in [-0.39, 0.29) is 5.91 Å². The molecule has 5 rings (SSSR count). The van der Waals surface area contributed by atoms with Gasteiger partial charge in [0.25, 0.3) is 0 Å². The van der Waals surface area contributed by atoms with Gasteiger partial charge in [0.1, 0.15) is 18.7 Å². The molecule has 1 atom stereocenters. The topological polar surface area (TPSA) is 91.2 Å². The quantitative estimate of drug-likeness (QED) is 0.476. The van der Waals surface area contributed by atoms with E-state index < -0.39 is 5.25 Å². The highest BCUT2D eigenvalue weighted by Gasteiger charge is 2.20. The molecule has 0 aliphatic carbocycles. The minimum absolute atomic E-state index is 0.151. The van der Waals surface area contributed by atoms with Crippen LogP contribution in [-0.4, -0.2) is 44.1 Å². The number of hydrogen-bond donors (Lipinski definition) is 1. The number of anilines is 1. The Morgan fingerprint density at radius 2 is 1.97 bits per heavy atom. The van der Waals surface area contributed by atoms with Crippen LogP contribution in [0.5, 0.6) is 11.5 Å². The fraction of sp³-hybridized carbons (Fsp3) is 0.273. The molecule has 0 spiro atoms. The molecule has 0 radical (unpaired) electrons. The summed E-state index contributed by atoms with van der Waals surface area (Å²) in [6.45, 7) is 5.69. The molecule has 4 aromatic rings. The zero-order valence-electron chi connectivity index (χ0n) is 17.2. The lowest BCUT2D eigenvalue weighted by atomic mass is 10.2. The Morgan fingerprint density at radius 1 is 1.16 bits per heavy atom. The predicted octanol–water partition coefficient (Wildman–Crippen LogP) is 3.89. The SMILES string of the molecule is CCn1c2ccccc2c2nnc(S[C@H](C)C(=O)Nc3ccc4c(c3)OCCO4)nc21. The number of fused-ring (bicyclic) bond motifs is 4. The van der Waals surface area contributed by atoms with E-state index >= 15 is 0 Å². The average Bonchev–Trinajstić information content (AvgIpc) is 3.11. The van der Waals surface area contributed by atoms with E-state index in [1.807, 2.05) is 25.1 Å². The van der Waals surface area contributed by atoms with Crippen LogP contribution in [0.4, 0.5) is 5.69 Å². The number of aryl methyl sites for hydroxylation is 1. The largest absolute Gasteiger partial charge is 0.486 e. The van der Waals surface area contributed by atoms with Gasteiger partial charge >= 0.3 is 0 Å². The van der Waals surface area contributed by atoms with Crippen molar-refractivity contribution in [3.8, 4) is 11.5 Å². The van der Waals surface area contributed by atoms with Gasteiger partial charge in [0.15, 0.2) is 17.1 Å². The monoisotopic (exact) mass is 435 g/mol. The first kappa shape index (κ1) is 19.6. The molecule has 2 aromatic heterocycles. The van der Waals surface area contributed by atoms with Gasteiger partial charge < -0.3 is 19.4 Å². The molecule has 8 nitrogen and oxygen atoms in total. The third-order valence-corrected chi connectivity index (χ3v) is 6.08. The molecule has 1 amide bonds. The van der Waals surface area contributed by atoms with Gasteiger partial charge in [-0.2, -0.15) is 0 Å². The second-order valence-corrected chi connectivity index (χ2v) is 8.44. The molecule has 1 aliphatic rings. The number of aromatic nitrogens is 4. The highest BCUT2D eigenvalue weighted by Crippen LogP contribution is 2.33. The zero-order chi connectivity index (χ0) is 21.4. The van der Waals surface area contributed by atoms with E-state index in [1.54, 1.807) is 18.2 Å². The van der Waals surface area contributed by atoms with Crippen LogP contribution < -0.4 is 14.8 Å². The molecule has 1 N–H and O–H groups in total. The standard InChI is InChI=1S/C22H21N5O3S/c1-3-27-16-7-5-4-6-15(16)19-20(27)24-22(26-25-19)31-13(2)21(28)23-14-8-9-17-18(12-14)30-11-10-29-17/h4-9,12-13H,3,10-11H2,1-2H3,(H,23,28)/t13-/m1/s1. The molecule has 2 aromatic carbocycles. The van der Waals surface area contributed by atoms with Crippen molar-refractivity contribution in [2.45, 2.75) is 30.8 Å². The maximum atomic E-state index is 12.7. The van der Waals surface area contributed by atoms with Crippen molar-refractivity contribution in [3.05, 3.63) is 42.5 Å². The van der Waals surface area contributed by atoms with Crippen molar-refractivity contribution in [3.63, 3.8) is 0 Å². The van der Waals surface area contributed by atoms with Crippen LogP contribution in [0.3, 0.4) is 0 Å². The lowest BCUT2D eigenvalue weighted by Gasteiger charge is -2.19. The lowest BCUT2D eigenvalue weighted by molar-refractivity contribution is -0.115. The van der Waals surface area contributed by atoms with E-state index in [0.29, 0.717) is 35.6 Å². The summed E-state index contributed by atoms with van der Waals surface area (Å²) in [5.74, 6) is 1.17. The molecule has 9 heteroatoms. The summed E-state index contributed by atoms with van der Waals surface area (Å²) in [7, 11) is 0. The normalized spacial score (nSPS) is 14.0. The molecular formula is C22H21N5O3S. The third kappa shape index (κ3) is 3.65. The summed E-state index contributed by atoms with van der Waals surface area (Å²) in [5.41, 5.74) is 3.28. The van der Waals surface area contributed by atoms with Crippen molar-refractivity contribution in [2.75, 3.05) is 18.5 Å².